The number of aliphatic hydroxyl groups is 1. The lowest BCUT2D eigenvalue weighted by Gasteiger charge is -2.26. The molecule has 1 N–H and O–H groups in total. The third-order valence-corrected chi connectivity index (χ3v) is 5.20. The molecule has 0 aliphatic heterocycles. The molecule has 0 fully saturated rings. The van der Waals surface area contributed by atoms with E-state index >= 15 is 0 Å². The summed E-state index contributed by atoms with van der Waals surface area (Å²) in [6.07, 6.45) is -1.22. The summed E-state index contributed by atoms with van der Waals surface area (Å²) in [4.78, 5) is 13.2. The van der Waals surface area contributed by atoms with E-state index in [0.29, 0.717) is 10.5 Å². The Balaban J connectivity index is 2.39. The number of hydrogen-bond acceptors (Lipinski definition) is 4. The van der Waals surface area contributed by atoms with Gasteiger partial charge in [-0.25, -0.2) is 0 Å². The second kappa shape index (κ2) is 7.93. The minimum atomic E-state index is -1.75. The highest BCUT2D eigenvalue weighted by molar-refractivity contribution is 7.86. The highest BCUT2D eigenvalue weighted by Gasteiger charge is 2.37. The molecule has 25 heavy (non-hydrogen) atoms. The van der Waals surface area contributed by atoms with Crippen LogP contribution in [0.2, 0.25) is 0 Å². The Kier molecular flexibility index (Phi) is 6.14. The van der Waals surface area contributed by atoms with Gasteiger partial charge in [-0.2, -0.15) is 0 Å². The van der Waals surface area contributed by atoms with E-state index in [1.165, 1.54) is 0 Å². The molecule has 2 rings (SSSR count). The van der Waals surface area contributed by atoms with Gasteiger partial charge in [-0.1, -0.05) is 48.0 Å². The van der Waals surface area contributed by atoms with Crippen LogP contribution in [0.15, 0.2) is 59.5 Å². The topological polar surface area (TPSA) is 63.6 Å². The Morgan fingerprint density at radius 2 is 1.60 bits per heavy atom. The molecule has 5 heteroatoms. The molecule has 0 bridgehead atoms. The number of benzene rings is 2. The van der Waals surface area contributed by atoms with Crippen molar-refractivity contribution in [2.45, 2.75) is 49.5 Å². The van der Waals surface area contributed by atoms with Gasteiger partial charge >= 0.3 is 5.97 Å². The molecular formula is C20H24O4S. The van der Waals surface area contributed by atoms with Crippen molar-refractivity contribution >= 4 is 16.8 Å². The first-order valence-electron chi connectivity index (χ1n) is 8.12. The standard InChI is InChI=1S/C20H24O4S/c1-14-10-12-16(13-11-14)25(23)18(19(22)24-20(2,3)4)17(21)15-8-6-5-7-9-15/h5-13,17-18,21H,1-4H3/t17-,18+,25-/m0/s1. The summed E-state index contributed by atoms with van der Waals surface area (Å²) in [6.45, 7) is 7.15. The number of ether oxygens (including phenoxy) is 1. The molecule has 3 atom stereocenters. The molecule has 0 aliphatic rings. The Morgan fingerprint density at radius 3 is 2.12 bits per heavy atom. The van der Waals surface area contributed by atoms with Crippen molar-refractivity contribution < 1.29 is 18.8 Å². The van der Waals surface area contributed by atoms with Crippen LogP contribution in [0.1, 0.15) is 38.0 Å². The quantitative estimate of drug-likeness (QED) is 0.828. The second-order valence-electron chi connectivity index (χ2n) is 6.92. The van der Waals surface area contributed by atoms with E-state index in [0.717, 1.165) is 5.56 Å². The smallest absolute Gasteiger partial charge is 0.325 e. The van der Waals surface area contributed by atoms with Crippen molar-refractivity contribution in [3.8, 4) is 0 Å². The summed E-state index contributed by atoms with van der Waals surface area (Å²) < 4.78 is 18.5. The van der Waals surface area contributed by atoms with Crippen molar-refractivity contribution in [1.82, 2.24) is 0 Å². The third-order valence-electron chi connectivity index (χ3n) is 3.55. The van der Waals surface area contributed by atoms with Crippen LogP contribution in [0.5, 0.6) is 0 Å². The monoisotopic (exact) mass is 360 g/mol. The predicted octanol–water partition coefficient (Wildman–Crippen LogP) is 3.55. The van der Waals surface area contributed by atoms with Gasteiger partial charge in [0.15, 0.2) is 5.25 Å². The molecule has 0 heterocycles. The minimum absolute atomic E-state index is 0.483. The van der Waals surface area contributed by atoms with Gasteiger partial charge in [-0.15, -0.1) is 0 Å². The first-order valence-corrected chi connectivity index (χ1v) is 9.33. The lowest BCUT2D eigenvalue weighted by atomic mass is 10.1. The van der Waals surface area contributed by atoms with Gasteiger partial charge in [0, 0.05) is 4.90 Å². The first kappa shape index (κ1) is 19.3. The molecule has 0 aromatic heterocycles. The predicted molar refractivity (Wildman–Crippen MR) is 98.6 cm³/mol. The zero-order valence-electron chi connectivity index (χ0n) is 14.9. The summed E-state index contributed by atoms with van der Waals surface area (Å²) in [5.41, 5.74) is 0.820. The Morgan fingerprint density at radius 1 is 1.04 bits per heavy atom. The number of rotatable bonds is 5. The van der Waals surface area contributed by atoms with Crippen LogP contribution < -0.4 is 0 Å². The molecule has 2 aromatic carbocycles. The van der Waals surface area contributed by atoms with E-state index in [-0.39, 0.29) is 0 Å². The Labute approximate surface area is 151 Å². The molecule has 0 spiro atoms. The fraction of sp³-hybridized carbons (Fsp3) is 0.350. The van der Waals surface area contributed by atoms with Crippen molar-refractivity contribution in [2.75, 3.05) is 0 Å². The van der Waals surface area contributed by atoms with Gasteiger partial charge in [-0.05, 0) is 45.4 Å². The lowest BCUT2D eigenvalue weighted by Crippen LogP contribution is -2.38. The van der Waals surface area contributed by atoms with Gasteiger partial charge in [0.25, 0.3) is 0 Å². The van der Waals surface area contributed by atoms with Crippen LogP contribution in [0.3, 0.4) is 0 Å². The van der Waals surface area contributed by atoms with Gasteiger partial charge in [0.05, 0.1) is 10.8 Å². The normalized spacial score (nSPS) is 15.2. The highest BCUT2D eigenvalue weighted by atomic mass is 32.2. The Bertz CT molecular complexity index is 733. The number of aliphatic hydroxyl groups excluding tert-OH is 1. The van der Waals surface area contributed by atoms with Crippen LogP contribution in [0, 0.1) is 6.92 Å². The van der Waals surface area contributed by atoms with Crippen molar-refractivity contribution in [1.29, 1.82) is 0 Å². The molecule has 0 amide bonds. The molecule has 0 radical (unpaired) electrons. The van der Waals surface area contributed by atoms with Crippen LogP contribution in [-0.4, -0.2) is 26.1 Å². The van der Waals surface area contributed by atoms with Crippen molar-refractivity contribution in [3.63, 3.8) is 0 Å². The number of esters is 1. The maximum absolute atomic E-state index is 13.0. The van der Waals surface area contributed by atoms with Gasteiger partial charge in [0.2, 0.25) is 0 Å². The highest BCUT2D eigenvalue weighted by Crippen LogP contribution is 2.27. The number of carbonyl (C=O) groups excluding carboxylic acids is 1. The molecule has 134 valence electrons. The van der Waals surface area contributed by atoms with E-state index in [1.807, 2.05) is 25.1 Å². The fourth-order valence-corrected chi connectivity index (χ4v) is 3.65. The van der Waals surface area contributed by atoms with Crippen LogP contribution in [0.4, 0.5) is 0 Å². The SMILES string of the molecule is Cc1ccc([S@](=O)[C@@H](C(=O)OC(C)(C)C)[C@@H](O)c2ccccc2)cc1. The number of hydrogen-bond donors (Lipinski definition) is 1. The summed E-state index contributed by atoms with van der Waals surface area (Å²) in [5, 5.41) is 9.54. The van der Waals surface area contributed by atoms with E-state index in [9.17, 15) is 14.1 Å². The summed E-state index contributed by atoms with van der Waals surface area (Å²) in [5.74, 6) is -0.678. The second-order valence-corrected chi connectivity index (χ2v) is 8.49. The summed E-state index contributed by atoms with van der Waals surface area (Å²) in [7, 11) is -1.75. The first-order chi connectivity index (χ1) is 11.7. The largest absolute Gasteiger partial charge is 0.459 e. The van der Waals surface area contributed by atoms with Gasteiger partial charge < -0.3 is 9.84 Å². The molecule has 4 nitrogen and oxygen atoms in total. The van der Waals surface area contributed by atoms with Crippen LogP contribution >= 0.6 is 0 Å². The lowest BCUT2D eigenvalue weighted by molar-refractivity contribution is -0.156. The average molecular weight is 360 g/mol. The molecular weight excluding hydrogens is 336 g/mol. The molecule has 0 saturated heterocycles. The Hall–Kier alpha value is -1.98. The third kappa shape index (κ3) is 5.25. The van der Waals surface area contributed by atoms with Gasteiger partial charge in [0.1, 0.15) is 11.7 Å². The van der Waals surface area contributed by atoms with E-state index in [1.54, 1.807) is 57.2 Å². The van der Waals surface area contributed by atoms with Crippen molar-refractivity contribution in [3.05, 3.63) is 65.7 Å². The minimum Gasteiger partial charge on any atom is -0.459 e. The number of carbonyl (C=O) groups is 1. The molecule has 2 aromatic rings. The van der Waals surface area contributed by atoms with E-state index < -0.39 is 33.7 Å². The summed E-state index contributed by atoms with van der Waals surface area (Å²) >= 11 is 0. The van der Waals surface area contributed by atoms with Crippen LogP contribution in [-0.2, 0) is 20.3 Å². The fourth-order valence-electron chi connectivity index (χ4n) is 2.34. The van der Waals surface area contributed by atoms with E-state index in [2.05, 4.69) is 0 Å². The van der Waals surface area contributed by atoms with Crippen LogP contribution in [0.25, 0.3) is 0 Å². The zero-order chi connectivity index (χ0) is 18.6. The van der Waals surface area contributed by atoms with E-state index in [4.69, 9.17) is 4.74 Å². The maximum Gasteiger partial charge on any atom is 0.325 e. The summed E-state index contributed by atoms with van der Waals surface area (Å²) in [6, 6.07) is 15.8. The molecule has 0 unspecified atom stereocenters. The molecule has 0 aliphatic carbocycles. The van der Waals surface area contributed by atoms with Crippen molar-refractivity contribution in [2.24, 2.45) is 0 Å². The number of aryl methyl sites for hydroxylation is 1. The average Bonchev–Trinajstić information content (AvgIpc) is 2.54. The molecule has 0 saturated carbocycles. The maximum atomic E-state index is 13.0. The van der Waals surface area contributed by atoms with Gasteiger partial charge in [-0.3, -0.25) is 9.00 Å². The zero-order valence-corrected chi connectivity index (χ0v) is 15.7.